The van der Waals surface area contributed by atoms with Gasteiger partial charge in [0.1, 0.15) is 11.5 Å². The van der Waals surface area contributed by atoms with Crippen LogP contribution in [-0.4, -0.2) is 44.1 Å². The van der Waals surface area contributed by atoms with Crippen molar-refractivity contribution < 1.29 is 0 Å². The predicted octanol–water partition coefficient (Wildman–Crippen LogP) is 5.83. The number of fused-ring (bicyclic) bond motifs is 3. The number of aromatic nitrogens is 5. The third-order valence-corrected chi connectivity index (χ3v) is 8.14. The summed E-state index contributed by atoms with van der Waals surface area (Å²) in [5, 5.41) is 6.40. The summed E-state index contributed by atoms with van der Waals surface area (Å²) in [6, 6.07) is 12.3. The van der Waals surface area contributed by atoms with Crippen LogP contribution in [-0.2, 0) is 0 Å². The molecule has 6 heterocycles. The quantitative estimate of drug-likeness (QED) is 0.319. The van der Waals surface area contributed by atoms with E-state index in [1.54, 1.807) is 0 Å². The highest BCUT2D eigenvalue weighted by Gasteiger charge is 2.35. The van der Waals surface area contributed by atoms with Gasteiger partial charge in [0.2, 0.25) is 0 Å². The number of nitrogens with one attached hydrogen (secondary N) is 2. The first-order valence-electron chi connectivity index (χ1n) is 12.8. The third-order valence-electron chi connectivity index (χ3n) is 7.81. The second-order valence-electron chi connectivity index (χ2n) is 10.1. The van der Waals surface area contributed by atoms with Crippen molar-refractivity contribution in [2.45, 2.75) is 31.2 Å². The van der Waals surface area contributed by atoms with Gasteiger partial charge in [0, 0.05) is 69.8 Å². The van der Waals surface area contributed by atoms with Crippen molar-refractivity contribution in [3.63, 3.8) is 0 Å². The van der Waals surface area contributed by atoms with Crippen molar-refractivity contribution in [3.05, 3.63) is 77.3 Å². The molecule has 2 N–H and O–H groups in total. The minimum absolute atomic E-state index is 0.398. The van der Waals surface area contributed by atoms with Gasteiger partial charge in [0.15, 0.2) is 5.82 Å². The maximum Gasteiger partial charge on any atom is 0.163 e. The van der Waals surface area contributed by atoms with E-state index in [0.717, 1.165) is 64.1 Å². The Bertz CT molecular complexity index is 1740. The van der Waals surface area contributed by atoms with E-state index in [2.05, 4.69) is 37.3 Å². The van der Waals surface area contributed by atoms with E-state index in [-0.39, 0.29) is 0 Å². The number of benzene rings is 1. The highest BCUT2D eigenvalue weighted by Crippen LogP contribution is 2.46. The van der Waals surface area contributed by atoms with Crippen LogP contribution in [0.2, 0.25) is 5.02 Å². The Morgan fingerprint density at radius 1 is 1.00 bits per heavy atom. The average Bonchev–Trinajstić information content (AvgIpc) is 3.30. The normalized spacial score (nSPS) is 19.1. The molecule has 3 aliphatic rings. The number of rotatable bonds is 4. The van der Waals surface area contributed by atoms with Crippen LogP contribution in [0.5, 0.6) is 0 Å². The molecule has 7 nitrogen and oxygen atoms in total. The van der Waals surface area contributed by atoms with Crippen molar-refractivity contribution in [3.8, 4) is 22.6 Å². The maximum atomic E-state index is 6.50. The Kier molecular flexibility index (Phi) is 4.66. The van der Waals surface area contributed by atoms with Crippen LogP contribution in [0.3, 0.4) is 0 Å². The van der Waals surface area contributed by atoms with Gasteiger partial charge in [-0.05, 0) is 55.0 Å². The van der Waals surface area contributed by atoms with E-state index in [1.165, 1.54) is 24.1 Å². The van der Waals surface area contributed by atoms with Crippen molar-refractivity contribution in [1.82, 2.24) is 30.2 Å². The van der Waals surface area contributed by atoms with E-state index >= 15 is 0 Å². The van der Waals surface area contributed by atoms with Crippen LogP contribution in [0.15, 0.2) is 66.8 Å². The second-order valence-corrected chi connectivity index (χ2v) is 10.5. The zero-order chi connectivity index (χ0) is 24.5. The topological polar surface area (TPSA) is 82.6 Å². The molecule has 1 aliphatic carbocycles. The Balaban J connectivity index is 1.35. The van der Waals surface area contributed by atoms with Crippen molar-refractivity contribution in [1.29, 1.82) is 0 Å². The van der Waals surface area contributed by atoms with Gasteiger partial charge in [-0.2, -0.15) is 0 Å². The van der Waals surface area contributed by atoms with Gasteiger partial charge in [0.25, 0.3) is 0 Å². The maximum absolute atomic E-state index is 6.50. The summed E-state index contributed by atoms with van der Waals surface area (Å²) in [6.07, 6.45) is 11.5. The molecule has 2 aliphatic heterocycles. The zero-order valence-corrected chi connectivity index (χ0v) is 20.8. The Morgan fingerprint density at radius 2 is 1.92 bits per heavy atom. The summed E-state index contributed by atoms with van der Waals surface area (Å²) in [5.41, 5.74) is 7.08. The summed E-state index contributed by atoms with van der Waals surface area (Å²) < 4.78 is 0. The van der Waals surface area contributed by atoms with Gasteiger partial charge in [-0.3, -0.25) is 4.98 Å². The number of nitrogens with zero attached hydrogens (tertiary/aromatic N) is 5. The molecule has 1 unspecified atom stereocenters. The molecule has 4 aromatic heterocycles. The van der Waals surface area contributed by atoms with Crippen molar-refractivity contribution in [2.75, 3.05) is 18.0 Å². The summed E-state index contributed by atoms with van der Waals surface area (Å²) >= 11 is 6.50. The molecule has 1 saturated heterocycles. The minimum Gasteiger partial charge on any atom is -0.339 e. The third kappa shape index (κ3) is 3.38. The van der Waals surface area contributed by atoms with E-state index in [0.29, 0.717) is 22.8 Å². The highest BCUT2D eigenvalue weighted by molar-refractivity contribution is 6.33. The molecular formula is C29H24ClN7. The number of H-pyrrole nitrogens is 1. The van der Waals surface area contributed by atoms with Crippen molar-refractivity contribution >= 4 is 39.4 Å². The molecule has 182 valence electrons. The largest absolute Gasteiger partial charge is 0.339 e. The van der Waals surface area contributed by atoms with Crippen LogP contribution in [0, 0.1) is 0 Å². The summed E-state index contributed by atoms with van der Waals surface area (Å²) in [6.45, 7) is 1.84. The number of halogens is 1. The lowest BCUT2D eigenvalue weighted by Crippen LogP contribution is -2.24. The Hall–Kier alpha value is -3.81. The van der Waals surface area contributed by atoms with Gasteiger partial charge in [-0.1, -0.05) is 29.8 Å². The second kappa shape index (κ2) is 8.10. The molecule has 8 heteroatoms. The molecule has 2 fully saturated rings. The number of hydrogen-bond donors (Lipinski definition) is 2. The molecule has 1 saturated carbocycles. The van der Waals surface area contributed by atoms with Crippen LogP contribution in [0.25, 0.3) is 44.6 Å². The Morgan fingerprint density at radius 3 is 2.81 bits per heavy atom. The molecule has 8 rings (SSSR count). The van der Waals surface area contributed by atoms with Gasteiger partial charge in [-0.15, -0.1) is 0 Å². The van der Waals surface area contributed by atoms with Gasteiger partial charge in [-0.25, -0.2) is 15.0 Å². The summed E-state index contributed by atoms with van der Waals surface area (Å²) in [7, 11) is 0. The van der Waals surface area contributed by atoms with E-state index in [9.17, 15) is 0 Å². The smallest absolute Gasteiger partial charge is 0.163 e. The lowest BCUT2D eigenvalue weighted by molar-refractivity contribution is 0.660. The summed E-state index contributed by atoms with van der Waals surface area (Å²) in [5.74, 6) is 2.23. The molecule has 0 spiro atoms. The highest BCUT2D eigenvalue weighted by atomic mass is 35.5. The standard InChI is InChI=1S/C29H24ClN7/c30-21-4-2-1-3-18(21)23-13-19-17(7-10-33-27(19)34-23)28-35-24-15-31-14-20(16-5-6-16)26(24)29(36-28)37-12-9-22-25(37)8-11-32-22/h1-4,7-8,10,13-16,22,32H,5-6,9,11-12H2,(H,33,34). The predicted molar refractivity (Wildman–Crippen MR) is 147 cm³/mol. The van der Waals surface area contributed by atoms with Crippen LogP contribution < -0.4 is 10.2 Å². The number of anilines is 1. The lowest BCUT2D eigenvalue weighted by atomic mass is 10.1. The number of aromatic amines is 1. The number of pyridine rings is 2. The van der Waals surface area contributed by atoms with Crippen LogP contribution >= 0.6 is 11.6 Å². The first-order valence-corrected chi connectivity index (χ1v) is 13.2. The fraction of sp³-hybridized carbons (Fsp3) is 0.241. The molecule has 0 bridgehead atoms. The van der Waals surface area contributed by atoms with Crippen LogP contribution in [0.1, 0.15) is 30.7 Å². The molecular weight excluding hydrogens is 482 g/mol. The van der Waals surface area contributed by atoms with Gasteiger partial charge >= 0.3 is 0 Å². The van der Waals surface area contributed by atoms with Gasteiger partial charge < -0.3 is 15.2 Å². The van der Waals surface area contributed by atoms with Crippen LogP contribution in [0.4, 0.5) is 5.82 Å². The number of hydrogen-bond acceptors (Lipinski definition) is 6. The SMILES string of the molecule is Clc1ccccc1-c1cc2c(-c3nc(N4CCC5NCC=C54)c4c(C5CC5)cncc4n3)ccnc2[nH]1. The molecule has 37 heavy (non-hydrogen) atoms. The van der Waals surface area contributed by atoms with Crippen molar-refractivity contribution in [2.24, 2.45) is 0 Å². The van der Waals surface area contributed by atoms with E-state index in [4.69, 9.17) is 21.6 Å². The minimum atomic E-state index is 0.398. The van der Waals surface area contributed by atoms with E-state index < -0.39 is 0 Å². The first kappa shape index (κ1) is 21.3. The average molecular weight is 506 g/mol. The Labute approximate surface area is 218 Å². The monoisotopic (exact) mass is 505 g/mol. The fourth-order valence-corrected chi connectivity index (χ4v) is 6.11. The molecule has 0 radical (unpaired) electrons. The molecule has 1 atom stereocenters. The molecule has 1 aromatic carbocycles. The lowest BCUT2D eigenvalue weighted by Gasteiger charge is -2.22. The molecule has 0 amide bonds. The van der Waals surface area contributed by atoms with E-state index in [1.807, 2.05) is 48.9 Å². The molecule has 5 aromatic rings. The summed E-state index contributed by atoms with van der Waals surface area (Å²) in [4.78, 5) is 25.4. The fourth-order valence-electron chi connectivity index (χ4n) is 5.87. The van der Waals surface area contributed by atoms with Gasteiger partial charge in [0.05, 0.1) is 11.7 Å². The zero-order valence-electron chi connectivity index (χ0n) is 20.1. The first-order chi connectivity index (χ1) is 18.2.